The lowest BCUT2D eigenvalue weighted by Gasteiger charge is -2.34. The third-order valence-corrected chi connectivity index (χ3v) is 5.67. The van der Waals surface area contributed by atoms with E-state index in [1.807, 2.05) is 18.2 Å². The van der Waals surface area contributed by atoms with Crippen molar-refractivity contribution in [1.29, 1.82) is 0 Å². The third kappa shape index (κ3) is 4.32. The first-order valence-electron chi connectivity index (χ1n) is 9.96. The van der Waals surface area contributed by atoms with Crippen LogP contribution in [0.1, 0.15) is 24.8 Å². The van der Waals surface area contributed by atoms with E-state index < -0.39 is 0 Å². The molecule has 146 valence electrons. The number of para-hydroxylation sites is 1. The molecule has 0 unspecified atom stereocenters. The Kier molecular flexibility index (Phi) is 5.55. The van der Waals surface area contributed by atoms with Crippen molar-refractivity contribution in [3.8, 4) is 0 Å². The lowest BCUT2D eigenvalue weighted by molar-refractivity contribution is -0.129. The van der Waals surface area contributed by atoms with E-state index in [0.717, 1.165) is 31.5 Å². The molecule has 3 heterocycles. The maximum atomic E-state index is 12.7. The summed E-state index contributed by atoms with van der Waals surface area (Å²) in [5.74, 6) is -0.180. The minimum atomic E-state index is -0.249. The van der Waals surface area contributed by atoms with Crippen LogP contribution in [0.5, 0.6) is 0 Å². The zero-order chi connectivity index (χ0) is 19.3. The molecule has 0 saturated carbocycles. The molecule has 2 aromatic rings. The summed E-state index contributed by atoms with van der Waals surface area (Å²) in [7, 11) is 0. The van der Waals surface area contributed by atoms with Crippen molar-refractivity contribution < 1.29 is 9.59 Å². The van der Waals surface area contributed by atoms with Crippen molar-refractivity contribution >= 4 is 17.5 Å². The molecule has 1 N–H and O–H groups in total. The molecule has 0 spiro atoms. The van der Waals surface area contributed by atoms with E-state index in [1.165, 1.54) is 5.69 Å². The van der Waals surface area contributed by atoms with Gasteiger partial charge < -0.3 is 15.1 Å². The van der Waals surface area contributed by atoms with Gasteiger partial charge in [0.25, 0.3) is 0 Å². The topological polar surface area (TPSA) is 65.5 Å². The number of carbonyl (C=O) groups is 2. The number of hydrogen-bond acceptors (Lipinski definition) is 4. The largest absolute Gasteiger partial charge is 0.371 e. The number of nitrogens with zero attached hydrogens (tertiary/aromatic N) is 3. The number of hydrogen-bond donors (Lipinski definition) is 1. The predicted molar refractivity (Wildman–Crippen MR) is 108 cm³/mol. The van der Waals surface area contributed by atoms with E-state index in [0.29, 0.717) is 19.5 Å². The summed E-state index contributed by atoms with van der Waals surface area (Å²) in [4.78, 5) is 33.1. The zero-order valence-corrected chi connectivity index (χ0v) is 16.0. The number of amides is 2. The second-order valence-corrected chi connectivity index (χ2v) is 7.64. The molecule has 2 amide bonds. The van der Waals surface area contributed by atoms with Crippen LogP contribution in [-0.4, -0.2) is 47.4 Å². The van der Waals surface area contributed by atoms with Crippen LogP contribution in [0.2, 0.25) is 0 Å². The van der Waals surface area contributed by atoms with Gasteiger partial charge in [0.2, 0.25) is 11.8 Å². The van der Waals surface area contributed by atoms with Crippen molar-refractivity contribution in [2.24, 2.45) is 5.92 Å². The number of carbonyl (C=O) groups excluding carboxylic acids is 2. The molecule has 6 nitrogen and oxygen atoms in total. The van der Waals surface area contributed by atoms with E-state index in [-0.39, 0.29) is 23.8 Å². The number of piperidine rings is 1. The van der Waals surface area contributed by atoms with Gasteiger partial charge in [0.15, 0.2) is 0 Å². The highest BCUT2D eigenvalue weighted by molar-refractivity contribution is 5.89. The maximum Gasteiger partial charge on any atom is 0.225 e. The molecule has 4 rings (SSSR count). The zero-order valence-electron chi connectivity index (χ0n) is 16.0. The van der Waals surface area contributed by atoms with Gasteiger partial charge in [0.1, 0.15) is 0 Å². The Balaban J connectivity index is 1.26. The number of aromatic nitrogens is 1. The molecule has 2 aliphatic rings. The fraction of sp³-hybridized carbons (Fsp3) is 0.409. The number of rotatable bonds is 5. The molecule has 0 radical (unpaired) electrons. The Hall–Kier alpha value is -2.89. The number of pyridine rings is 1. The molecule has 1 atom stereocenters. The highest BCUT2D eigenvalue weighted by Crippen LogP contribution is 2.23. The summed E-state index contributed by atoms with van der Waals surface area (Å²) in [6.45, 7) is 2.91. The van der Waals surface area contributed by atoms with E-state index in [9.17, 15) is 9.59 Å². The number of nitrogens with one attached hydrogen (secondary N) is 1. The van der Waals surface area contributed by atoms with Crippen molar-refractivity contribution in [3.63, 3.8) is 0 Å². The van der Waals surface area contributed by atoms with E-state index in [2.05, 4.69) is 39.5 Å². The highest BCUT2D eigenvalue weighted by atomic mass is 16.2. The van der Waals surface area contributed by atoms with E-state index in [4.69, 9.17) is 0 Å². The van der Waals surface area contributed by atoms with Gasteiger partial charge in [-0.05, 0) is 42.7 Å². The Morgan fingerprint density at radius 1 is 1.07 bits per heavy atom. The minimum Gasteiger partial charge on any atom is -0.371 e. The highest BCUT2D eigenvalue weighted by Gasteiger charge is 2.35. The van der Waals surface area contributed by atoms with Crippen molar-refractivity contribution in [2.45, 2.75) is 31.8 Å². The Bertz CT molecular complexity index is 804. The molecule has 1 aromatic carbocycles. The van der Waals surface area contributed by atoms with Crippen LogP contribution in [0.25, 0.3) is 0 Å². The van der Waals surface area contributed by atoms with Crippen LogP contribution in [0, 0.1) is 5.92 Å². The molecular formula is C22H26N4O2. The van der Waals surface area contributed by atoms with Crippen molar-refractivity contribution in [1.82, 2.24) is 15.2 Å². The Morgan fingerprint density at radius 3 is 2.50 bits per heavy atom. The fourth-order valence-corrected chi connectivity index (χ4v) is 4.05. The van der Waals surface area contributed by atoms with Gasteiger partial charge in [-0.15, -0.1) is 0 Å². The van der Waals surface area contributed by atoms with Gasteiger partial charge in [-0.2, -0.15) is 0 Å². The average Bonchev–Trinajstić information content (AvgIpc) is 3.10. The number of anilines is 1. The van der Waals surface area contributed by atoms with E-state index in [1.54, 1.807) is 17.3 Å². The maximum absolute atomic E-state index is 12.7. The fourth-order valence-electron chi connectivity index (χ4n) is 4.05. The SMILES string of the molecule is O=C(NC1CCN(c2ccccc2)CC1)[C@@H]1CC(=O)N(Cc2ccncc2)C1. The van der Waals surface area contributed by atoms with Gasteiger partial charge in [0, 0.05) is 56.7 Å². The summed E-state index contributed by atoms with van der Waals surface area (Å²) in [5, 5.41) is 3.18. The summed E-state index contributed by atoms with van der Waals surface area (Å²) < 4.78 is 0. The van der Waals surface area contributed by atoms with Gasteiger partial charge in [0.05, 0.1) is 5.92 Å². The molecule has 28 heavy (non-hydrogen) atoms. The lowest BCUT2D eigenvalue weighted by Crippen LogP contribution is -2.46. The summed E-state index contributed by atoms with van der Waals surface area (Å²) in [6.07, 6.45) is 5.62. The lowest BCUT2D eigenvalue weighted by atomic mass is 10.0. The van der Waals surface area contributed by atoms with Crippen LogP contribution >= 0.6 is 0 Å². The van der Waals surface area contributed by atoms with Crippen LogP contribution in [-0.2, 0) is 16.1 Å². The minimum absolute atomic E-state index is 0.0174. The molecule has 0 aliphatic carbocycles. The summed E-state index contributed by atoms with van der Waals surface area (Å²) >= 11 is 0. The molecule has 2 aliphatic heterocycles. The van der Waals surface area contributed by atoms with Gasteiger partial charge in [-0.1, -0.05) is 18.2 Å². The third-order valence-electron chi connectivity index (χ3n) is 5.67. The Labute approximate surface area is 165 Å². The predicted octanol–water partition coefficient (Wildman–Crippen LogP) is 2.22. The van der Waals surface area contributed by atoms with Gasteiger partial charge >= 0.3 is 0 Å². The normalized spacial score (nSPS) is 20.4. The molecule has 1 aromatic heterocycles. The van der Waals surface area contributed by atoms with Gasteiger partial charge in [-0.25, -0.2) is 0 Å². The van der Waals surface area contributed by atoms with E-state index >= 15 is 0 Å². The van der Waals surface area contributed by atoms with Crippen LogP contribution < -0.4 is 10.2 Å². The van der Waals surface area contributed by atoms with Crippen LogP contribution in [0.15, 0.2) is 54.9 Å². The molecule has 2 saturated heterocycles. The number of benzene rings is 1. The molecule has 6 heteroatoms. The standard InChI is InChI=1S/C22H26N4O2/c27-21-14-18(16-26(21)15-17-6-10-23-11-7-17)22(28)24-19-8-12-25(13-9-19)20-4-2-1-3-5-20/h1-7,10-11,18-19H,8-9,12-16H2,(H,24,28)/t18-/m1/s1. The smallest absolute Gasteiger partial charge is 0.225 e. The first kappa shape index (κ1) is 18.5. The van der Waals surface area contributed by atoms with Crippen molar-refractivity contribution in [3.05, 3.63) is 60.4 Å². The van der Waals surface area contributed by atoms with Crippen LogP contribution in [0.4, 0.5) is 5.69 Å². The van der Waals surface area contributed by atoms with Gasteiger partial charge in [-0.3, -0.25) is 14.6 Å². The van der Waals surface area contributed by atoms with Crippen LogP contribution in [0.3, 0.4) is 0 Å². The second kappa shape index (κ2) is 8.42. The second-order valence-electron chi connectivity index (χ2n) is 7.64. The first-order chi connectivity index (χ1) is 13.7. The Morgan fingerprint density at radius 2 is 1.79 bits per heavy atom. The first-order valence-corrected chi connectivity index (χ1v) is 9.96. The molecule has 2 fully saturated rings. The quantitative estimate of drug-likeness (QED) is 0.866. The average molecular weight is 378 g/mol. The summed E-state index contributed by atoms with van der Waals surface area (Å²) in [5.41, 5.74) is 2.28. The number of likely N-dealkylation sites (tertiary alicyclic amines) is 1. The van der Waals surface area contributed by atoms with Crippen molar-refractivity contribution in [2.75, 3.05) is 24.5 Å². The molecular weight excluding hydrogens is 352 g/mol. The monoisotopic (exact) mass is 378 g/mol. The summed E-state index contributed by atoms with van der Waals surface area (Å²) in [6, 6.07) is 14.4. The molecule has 0 bridgehead atoms.